The Morgan fingerprint density at radius 3 is 1.41 bits per heavy atom. The Labute approximate surface area is 170 Å². The highest BCUT2D eigenvalue weighted by molar-refractivity contribution is 4.89. The molecule has 3 nitrogen and oxygen atoms in total. The van der Waals surface area contributed by atoms with Gasteiger partial charge in [0.25, 0.3) is 0 Å². The second-order valence-electron chi connectivity index (χ2n) is 8.43. The van der Waals surface area contributed by atoms with E-state index in [1.807, 2.05) is 6.92 Å². The minimum Gasteiger partial charge on any atom is -0.370 e. The molecule has 0 spiro atoms. The molecule has 0 N–H and O–H groups in total. The third-order valence-electron chi connectivity index (χ3n) is 6.17. The third kappa shape index (κ3) is 11.5. The number of rotatable bonds is 20. The van der Waals surface area contributed by atoms with Gasteiger partial charge in [-0.25, -0.2) is 0 Å². The van der Waals surface area contributed by atoms with Crippen molar-refractivity contribution in [3.63, 3.8) is 0 Å². The molecular weight excluding hydrogens is 336 g/mol. The number of hydrogen-bond donors (Lipinski definition) is 0. The molecule has 1 unspecified atom stereocenters. The average Bonchev–Trinajstić information content (AvgIpc) is 2.68. The van der Waals surface area contributed by atoms with Gasteiger partial charge in [-0.05, 0) is 26.7 Å². The molecule has 0 fully saturated rings. The van der Waals surface area contributed by atoms with E-state index in [2.05, 4.69) is 20.8 Å². The van der Waals surface area contributed by atoms with Crippen LogP contribution in [0.3, 0.4) is 0 Å². The first-order chi connectivity index (χ1) is 13.0. The maximum Gasteiger partial charge on any atom is 0.193 e. The van der Waals surface area contributed by atoms with Crippen molar-refractivity contribution in [3.05, 3.63) is 0 Å². The van der Waals surface area contributed by atoms with E-state index >= 15 is 0 Å². The second kappa shape index (κ2) is 16.8. The van der Waals surface area contributed by atoms with E-state index in [1.165, 1.54) is 83.5 Å². The molecule has 0 saturated carbocycles. The van der Waals surface area contributed by atoms with E-state index < -0.39 is 11.4 Å². The normalized spacial score (nSPS) is 14.4. The summed E-state index contributed by atoms with van der Waals surface area (Å²) in [6, 6.07) is 0. The summed E-state index contributed by atoms with van der Waals surface area (Å²) in [5.74, 6) is -0.698. The average molecular weight is 387 g/mol. The summed E-state index contributed by atoms with van der Waals surface area (Å²) in [6.45, 7) is 9.50. The van der Waals surface area contributed by atoms with E-state index in [1.54, 1.807) is 14.2 Å². The molecule has 0 amide bonds. The monoisotopic (exact) mass is 386 g/mol. The van der Waals surface area contributed by atoms with Crippen LogP contribution in [0, 0.1) is 0 Å². The summed E-state index contributed by atoms with van der Waals surface area (Å²) in [6.07, 6.45) is 19.3. The lowest BCUT2D eigenvalue weighted by Crippen LogP contribution is -2.54. The summed E-state index contributed by atoms with van der Waals surface area (Å²) in [7, 11) is 3.45. The second-order valence-corrected chi connectivity index (χ2v) is 8.43. The highest BCUT2D eigenvalue weighted by atomic mass is 16.7. The first-order valence-corrected chi connectivity index (χ1v) is 11.7. The fraction of sp³-hybridized carbons (Fsp3) is 1.00. The van der Waals surface area contributed by atoms with Gasteiger partial charge < -0.3 is 14.2 Å². The number of ether oxygens (including phenoxy) is 3. The van der Waals surface area contributed by atoms with E-state index in [4.69, 9.17) is 14.2 Å². The van der Waals surface area contributed by atoms with E-state index in [9.17, 15) is 0 Å². The SMILES string of the molecule is CCCCCCCCCCOC(C)(CCCCCCCC)C(C)(OC)OC. The van der Waals surface area contributed by atoms with Crippen LogP contribution < -0.4 is 0 Å². The maximum atomic E-state index is 6.40. The summed E-state index contributed by atoms with van der Waals surface area (Å²) >= 11 is 0. The Kier molecular flexibility index (Phi) is 16.7. The van der Waals surface area contributed by atoms with Gasteiger partial charge >= 0.3 is 0 Å². The van der Waals surface area contributed by atoms with Crippen LogP contribution in [-0.4, -0.2) is 32.2 Å². The van der Waals surface area contributed by atoms with Crippen LogP contribution in [0.25, 0.3) is 0 Å². The lowest BCUT2D eigenvalue weighted by atomic mass is 9.89. The van der Waals surface area contributed by atoms with Crippen molar-refractivity contribution in [1.29, 1.82) is 0 Å². The van der Waals surface area contributed by atoms with Gasteiger partial charge in [0.2, 0.25) is 0 Å². The molecule has 1 atom stereocenters. The summed E-state index contributed by atoms with van der Waals surface area (Å²) in [5.41, 5.74) is -0.400. The zero-order chi connectivity index (χ0) is 20.4. The van der Waals surface area contributed by atoms with E-state index in [0.29, 0.717) is 0 Å². The predicted octanol–water partition coefficient (Wildman–Crippen LogP) is 7.66. The Morgan fingerprint density at radius 1 is 0.556 bits per heavy atom. The number of hydrogen-bond acceptors (Lipinski definition) is 3. The topological polar surface area (TPSA) is 27.7 Å². The smallest absolute Gasteiger partial charge is 0.193 e. The summed E-state index contributed by atoms with van der Waals surface area (Å²) in [5, 5.41) is 0. The van der Waals surface area contributed by atoms with Crippen LogP contribution in [0.2, 0.25) is 0 Å². The maximum absolute atomic E-state index is 6.40. The van der Waals surface area contributed by atoms with Gasteiger partial charge in [0.1, 0.15) is 5.60 Å². The summed E-state index contributed by atoms with van der Waals surface area (Å²) < 4.78 is 17.9. The van der Waals surface area contributed by atoms with Crippen LogP contribution >= 0.6 is 0 Å². The van der Waals surface area contributed by atoms with Crippen LogP contribution in [0.15, 0.2) is 0 Å². The molecule has 27 heavy (non-hydrogen) atoms. The molecular formula is C24H50O3. The molecule has 0 aliphatic rings. The lowest BCUT2D eigenvalue weighted by molar-refractivity contribution is -0.301. The van der Waals surface area contributed by atoms with Crippen molar-refractivity contribution in [2.24, 2.45) is 0 Å². The third-order valence-corrected chi connectivity index (χ3v) is 6.17. The van der Waals surface area contributed by atoms with Gasteiger partial charge in [0.15, 0.2) is 5.79 Å². The summed E-state index contributed by atoms with van der Waals surface area (Å²) in [4.78, 5) is 0. The van der Waals surface area contributed by atoms with Gasteiger partial charge in [-0.3, -0.25) is 0 Å². The van der Waals surface area contributed by atoms with E-state index in [-0.39, 0.29) is 0 Å². The Hall–Kier alpha value is -0.120. The van der Waals surface area contributed by atoms with Crippen molar-refractivity contribution in [1.82, 2.24) is 0 Å². The van der Waals surface area contributed by atoms with Crippen molar-refractivity contribution in [2.45, 2.75) is 135 Å². The Morgan fingerprint density at radius 2 is 0.963 bits per heavy atom. The van der Waals surface area contributed by atoms with Gasteiger partial charge in [-0.1, -0.05) is 97.3 Å². The van der Waals surface area contributed by atoms with Crippen LogP contribution in [0.1, 0.15) is 124 Å². The molecule has 0 aromatic rings. The molecule has 3 heteroatoms. The molecule has 0 bridgehead atoms. The predicted molar refractivity (Wildman–Crippen MR) is 117 cm³/mol. The molecule has 164 valence electrons. The van der Waals surface area contributed by atoms with Crippen LogP contribution in [0.5, 0.6) is 0 Å². The van der Waals surface area contributed by atoms with Gasteiger partial charge in [-0.2, -0.15) is 0 Å². The van der Waals surface area contributed by atoms with Crippen molar-refractivity contribution >= 4 is 0 Å². The zero-order valence-electron chi connectivity index (χ0n) is 19.5. The molecule has 0 saturated heterocycles. The van der Waals surface area contributed by atoms with Crippen LogP contribution in [-0.2, 0) is 14.2 Å². The molecule has 0 rings (SSSR count). The molecule has 0 aliphatic carbocycles. The Balaban J connectivity index is 4.23. The largest absolute Gasteiger partial charge is 0.370 e. The molecule has 0 aliphatic heterocycles. The number of methoxy groups -OCH3 is 2. The van der Waals surface area contributed by atoms with Crippen molar-refractivity contribution < 1.29 is 14.2 Å². The minimum atomic E-state index is -0.698. The van der Waals surface area contributed by atoms with Gasteiger partial charge in [-0.15, -0.1) is 0 Å². The highest BCUT2D eigenvalue weighted by Crippen LogP contribution is 2.35. The fourth-order valence-corrected chi connectivity index (χ4v) is 3.72. The van der Waals surface area contributed by atoms with Crippen molar-refractivity contribution in [3.8, 4) is 0 Å². The van der Waals surface area contributed by atoms with Gasteiger partial charge in [0.05, 0.1) is 0 Å². The molecule has 0 heterocycles. The zero-order valence-corrected chi connectivity index (χ0v) is 19.5. The first-order valence-electron chi connectivity index (χ1n) is 11.7. The first kappa shape index (κ1) is 26.9. The minimum absolute atomic E-state index is 0.400. The van der Waals surface area contributed by atoms with Gasteiger partial charge in [0, 0.05) is 20.8 Å². The van der Waals surface area contributed by atoms with Crippen LogP contribution in [0.4, 0.5) is 0 Å². The fourth-order valence-electron chi connectivity index (χ4n) is 3.72. The number of unbranched alkanes of at least 4 members (excludes halogenated alkanes) is 12. The molecule has 0 aromatic carbocycles. The highest BCUT2D eigenvalue weighted by Gasteiger charge is 2.46. The molecule has 0 aromatic heterocycles. The standard InChI is InChI=1S/C24H50O3/c1-7-9-11-13-15-16-18-20-22-27-23(3,24(4,25-5)26-6)21-19-17-14-12-10-8-2/h7-22H2,1-6H3. The molecule has 0 radical (unpaired) electrons. The van der Waals surface area contributed by atoms with Crippen molar-refractivity contribution in [2.75, 3.05) is 20.8 Å². The quantitative estimate of drug-likeness (QED) is 0.159. The lowest BCUT2D eigenvalue weighted by Gasteiger charge is -2.44. The van der Waals surface area contributed by atoms with E-state index in [0.717, 1.165) is 19.4 Å². The Bertz CT molecular complexity index is 315.